The molecule has 18 heavy (non-hydrogen) atoms. The summed E-state index contributed by atoms with van der Waals surface area (Å²) in [5.41, 5.74) is 2.95. The smallest absolute Gasteiger partial charge is 0.0746 e. The van der Waals surface area contributed by atoms with Gasteiger partial charge in [-0.2, -0.15) is 0 Å². The van der Waals surface area contributed by atoms with E-state index in [1.54, 1.807) is 0 Å². The van der Waals surface area contributed by atoms with E-state index < -0.39 is 0 Å². The SMILES string of the molecule is COC1CCCN(c2cc[c]cc2C2CCC2)C1. The zero-order chi connectivity index (χ0) is 12.4. The summed E-state index contributed by atoms with van der Waals surface area (Å²) in [5.74, 6) is 0.778. The van der Waals surface area contributed by atoms with Gasteiger partial charge in [0.1, 0.15) is 0 Å². The van der Waals surface area contributed by atoms with Gasteiger partial charge in [0.15, 0.2) is 0 Å². The topological polar surface area (TPSA) is 12.5 Å². The number of hydrogen-bond acceptors (Lipinski definition) is 2. The van der Waals surface area contributed by atoms with Crippen molar-refractivity contribution in [3.63, 3.8) is 0 Å². The maximum absolute atomic E-state index is 5.53. The van der Waals surface area contributed by atoms with Crippen LogP contribution in [0, 0.1) is 6.07 Å². The Hall–Kier alpha value is -1.02. The van der Waals surface area contributed by atoms with Gasteiger partial charge in [0, 0.05) is 25.9 Å². The second-order valence-corrected chi connectivity index (χ2v) is 5.56. The number of methoxy groups -OCH3 is 1. The fraction of sp³-hybridized carbons (Fsp3) is 0.625. The number of ether oxygens (including phenoxy) is 1. The Morgan fingerprint density at radius 2 is 2.17 bits per heavy atom. The Kier molecular flexibility index (Phi) is 3.55. The number of piperidine rings is 1. The van der Waals surface area contributed by atoms with Gasteiger partial charge < -0.3 is 9.64 Å². The molecule has 3 rings (SSSR count). The van der Waals surface area contributed by atoms with Gasteiger partial charge in [-0.25, -0.2) is 0 Å². The van der Waals surface area contributed by atoms with Crippen molar-refractivity contribution >= 4 is 5.69 Å². The Labute approximate surface area is 110 Å². The Morgan fingerprint density at radius 1 is 1.28 bits per heavy atom. The summed E-state index contributed by atoms with van der Waals surface area (Å²) in [6.45, 7) is 2.21. The quantitative estimate of drug-likeness (QED) is 0.808. The summed E-state index contributed by atoms with van der Waals surface area (Å²) in [5, 5.41) is 0. The minimum absolute atomic E-state index is 0.400. The molecule has 2 heteroatoms. The van der Waals surface area contributed by atoms with E-state index in [-0.39, 0.29) is 0 Å². The average molecular weight is 244 g/mol. The standard InChI is InChI=1S/C16H22NO/c1-18-14-8-5-11-17(12-14)16-10-3-2-9-15(16)13-6-4-7-13/h3,9-10,13-14H,4-8,11-12H2,1H3. The van der Waals surface area contributed by atoms with Crippen LogP contribution < -0.4 is 4.90 Å². The Morgan fingerprint density at radius 3 is 2.89 bits per heavy atom. The molecule has 2 aliphatic rings. The first-order valence-corrected chi connectivity index (χ1v) is 7.16. The molecule has 1 aliphatic heterocycles. The molecule has 2 fully saturated rings. The molecule has 1 saturated carbocycles. The van der Waals surface area contributed by atoms with Crippen LogP contribution in [0.2, 0.25) is 0 Å². The predicted octanol–water partition coefficient (Wildman–Crippen LogP) is 3.37. The molecule has 1 unspecified atom stereocenters. The van der Waals surface area contributed by atoms with Gasteiger partial charge in [-0.3, -0.25) is 0 Å². The van der Waals surface area contributed by atoms with Crippen LogP contribution in [0.1, 0.15) is 43.6 Å². The summed E-state index contributed by atoms with van der Waals surface area (Å²) in [7, 11) is 1.83. The van der Waals surface area contributed by atoms with Crippen molar-refractivity contribution in [2.75, 3.05) is 25.1 Å². The molecule has 0 amide bonds. The first-order chi connectivity index (χ1) is 8.88. The average Bonchev–Trinajstić information content (AvgIpc) is 2.37. The molecule has 1 atom stereocenters. The Bertz CT molecular complexity index is 400. The van der Waals surface area contributed by atoms with Crippen molar-refractivity contribution in [1.29, 1.82) is 0 Å². The highest BCUT2D eigenvalue weighted by Gasteiger charge is 2.26. The molecule has 1 saturated heterocycles. The molecule has 0 bridgehead atoms. The zero-order valence-corrected chi connectivity index (χ0v) is 11.2. The van der Waals surface area contributed by atoms with E-state index in [2.05, 4.69) is 23.1 Å². The molecule has 1 radical (unpaired) electrons. The van der Waals surface area contributed by atoms with Crippen LogP contribution in [-0.4, -0.2) is 26.3 Å². The van der Waals surface area contributed by atoms with E-state index in [1.807, 2.05) is 13.2 Å². The van der Waals surface area contributed by atoms with Crippen molar-refractivity contribution in [2.45, 2.75) is 44.1 Å². The monoisotopic (exact) mass is 244 g/mol. The largest absolute Gasteiger partial charge is 0.380 e. The third-order valence-electron chi connectivity index (χ3n) is 4.47. The zero-order valence-electron chi connectivity index (χ0n) is 11.2. The second-order valence-electron chi connectivity index (χ2n) is 5.56. The van der Waals surface area contributed by atoms with E-state index >= 15 is 0 Å². The highest BCUT2D eigenvalue weighted by atomic mass is 16.5. The second kappa shape index (κ2) is 5.31. The molecule has 1 heterocycles. The highest BCUT2D eigenvalue weighted by Crippen LogP contribution is 2.41. The lowest BCUT2D eigenvalue weighted by atomic mass is 9.79. The van der Waals surface area contributed by atoms with Crippen molar-refractivity contribution in [1.82, 2.24) is 0 Å². The van der Waals surface area contributed by atoms with E-state index in [4.69, 9.17) is 4.74 Å². The number of hydrogen-bond donors (Lipinski definition) is 0. The fourth-order valence-electron chi connectivity index (χ4n) is 3.12. The van der Waals surface area contributed by atoms with Gasteiger partial charge in [-0.1, -0.05) is 12.5 Å². The van der Waals surface area contributed by atoms with Crippen LogP contribution in [0.5, 0.6) is 0 Å². The van der Waals surface area contributed by atoms with Crippen molar-refractivity contribution < 1.29 is 4.74 Å². The minimum atomic E-state index is 0.400. The molecule has 1 aromatic carbocycles. The van der Waals surface area contributed by atoms with Gasteiger partial charge in [0.05, 0.1) is 6.10 Å². The molecule has 2 nitrogen and oxygen atoms in total. The molecule has 0 N–H and O–H groups in total. The first-order valence-electron chi connectivity index (χ1n) is 7.16. The van der Waals surface area contributed by atoms with E-state index in [9.17, 15) is 0 Å². The molecular weight excluding hydrogens is 222 g/mol. The fourth-order valence-corrected chi connectivity index (χ4v) is 3.12. The van der Waals surface area contributed by atoms with Crippen LogP contribution in [0.15, 0.2) is 18.2 Å². The lowest BCUT2D eigenvalue weighted by molar-refractivity contribution is 0.0892. The number of rotatable bonds is 3. The van der Waals surface area contributed by atoms with Gasteiger partial charge in [0.25, 0.3) is 0 Å². The third-order valence-corrected chi connectivity index (χ3v) is 4.47. The van der Waals surface area contributed by atoms with E-state index in [1.165, 1.54) is 49.9 Å². The van der Waals surface area contributed by atoms with Crippen molar-refractivity contribution in [3.8, 4) is 0 Å². The number of benzene rings is 1. The van der Waals surface area contributed by atoms with Gasteiger partial charge in [-0.05, 0) is 55.4 Å². The summed E-state index contributed by atoms with van der Waals surface area (Å²) in [6.07, 6.45) is 6.93. The summed E-state index contributed by atoms with van der Waals surface area (Å²) >= 11 is 0. The summed E-state index contributed by atoms with van der Waals surface area (Å²) < 4.78 is 5.53. The van der Waals surface area contributed by atoms with Crippen LogP contribution in [0.3, 0.4) is 0 Å². The van der Waals surface area contributed by atoms with E-state index in [0.717, 1.165) is 12.5 Å². The lowest BCUT2D eigenvalue weighted by Crippen LogP contribution is -2.40. The van der Waals surface area contributed by atoms with Crippen molar-refractivity contribution in [3.05, 3.63) is 29.8 Å². The maximum atomic E-state index is 5.53. The van der Waals surface area contributed by atoms with E-state index in [0.29, 0.717) is 6.10 Å². The first kappa shape index (κ1) is 12.0. The maximum Gasteiger partial charge on any atom is 0.0746 e. The molecule has 0 aromatic heterocycles. The van der Waals surface area contributed by atoms with Crippen LogP contribution in [-0.2, 0) is 4.74 Å². The minimum Gasteiger partial charge on any atom is -0.380 e. The van der Waals surface area contributed by atoms with Gasteiger partial charge >= 0.3 is 0 Å². The summed E-state index contributed by atoms with van der Waals surface area (Å²) in [6, 6.07) is 9.75. The van der Waals surface area contributed by atoms with Crippen molar-refractivity contribution in [2.24, 2.45) is 0 Å². The van der Waals surface area contributed by atoms with Crippen LogP contribution in [0.25, 0.3) is 0 Å². The van der Waals surface area contributed by atoms with Gasteiger partial charge in [0.2, 0.25) is 0 Å². The number of nitrogens with zero attached hydrogens (tertiary/aromatic N) is 1. The normalized spacial score (nSPS) is 24.9. The molecule has 0 spiro atoms. The van der Waals surface area contributed by atoms with Crippen LogP contribution >= 0.6 is 0 Å². The summed E-state index contributed by atoms with van der Waals surface area (Å²) in [4.78, 5) is 2.51. The molecule has 1 aromatic rings. The van der Waals surface area contributed by atoms with Crippen LogP contribution in [0.4, 0.5) is 5.69 Å². The predicted molar refractivity (Wildman–Crippen MR) is 74.1 cm³/mol. The third kappa shape index (κ3) is 2.26. The molecule has 97 valence electrons. The molecule has 1 aliphatic carbocycles. The highest BCUT2D eigenvalue weighted by molar-refractivity contribution is 5.55. The van der Waals surface area contributed by atoms with Gasteiger partial charge in [-0.15, -0.1) is 0 Å². The Balaban J connectivity index is 1.82. The molecular formula is C16H22NO. The number of anilines is 1. The lowest BCUT2D eigenvalue weighted by Gasteiger charge is -2.37.